The van der Waals surface area contributed by atoms with Crippen LogP contribution in [0.1, 0.15) is 5.56 Å². The monoisotopic (exact) mass is 541 g/mol. The van der Waals surface area contributed by atoms with E-state index in [0.29, 0.717) is 6.54 Å². The lowest BCUT2D eigenvalue weighted by Crippen LogP contribution is -2.44. The Balaban J connectivity index is 1.18. The van der Waals surface area contributed by atoms with Crippen LogP contribution in [0.25, 0.3) is 22.0 Å². The third-order valence-electron chi connectivity index (χ3n) is 7.19. The molecule has 0 spiro atoms. The molecule has 1 aromatic heterocycles. The number of carbonyl (C=O) groups excluding carboxylic acids is 1. The number of likely N-dealkylation sites (N-methyl/N-ethyl adjacent to an activating group) is 1. The number of carbonyl (C=O) groups is 1. The number of hydrogen-bond acceptors (Lipinski definition) is 4. The summed E-state index contributed by atoms with van der Waals surface area (Å²) >= 11 is 3.77. The van der Waals surface area contributed by atoms with E-state index in [-0.39, 0.29) is 6.03 Å². The minimum Gasteiger partial charge on any atom is -0.368 e. The number of piperazine rings is 1. The van der Waals surface area contributed by atoms with Crippen LogP contribution in [0.15, 0.2) is 77.4 Å². The van der Waals surface area contributed by atoms with Crippen molar-refractivity contribution in [2.24, 2.45) is 0 Å². The number of anilines is 3. The molecule has 4 aromatic rings. The van der Waals surface area contributed by atoms with Crippen molar-refractivity contribution in [1.29, 1.82) is 0 Å². The first-order chi connectivity index (χ1) is 17.5. The van der Waals surface area contributed by atoms with Crippen molar-refractivity contribution in [1.82, 2.24) is 9.88 Å². The van der Waals surface area contributed by atoms with Gasteiger partial charge in [0.25, 0.3) is 0 Å². The summed E-state index contributed by atoms with van der Waals surface area (Å²) in [5, 5.41) is 4.21. The second kappa shape index (κ2) is 9.56. The number of nitrogens with one attached hydrogen (secondary N) is 1. The normalized spacial score (nSPS) is 15.8. The molecule has 0 bridgehead atoms. The number of urea groups is 1. The molecule has 3 heterocycles. The van der Waals surface area contributed by atoms with Crippen molar-refractivity contribution in [2.75, 3.05) is 54.9 Å². The molecule has 2 amide bonds. The van der Waals surface area contributed by atoms with E-state index in [9.17, 15) is 4.79 Å². The van der Waals surface area contributed by atoms with Gasteiger partial charge in [-0.3, -0.25) is 9.88 Å². The molecule has 7 heteroatoms. The van der Waals surface area contributed by atoms with Gasteiger partial charge < -0.3 is 15.1 Å². The lowest BCUT2D eigenvalue weighted by molar-refractivity contribution is 0.257. The van der Waals surface area contributed by atoms with E-state index in [2.05, 4.69) is 67.3 Å². The fourth-order valence-electron chi connectivity index (χ4n) is 5.06. The average molecular weight is 542 g/mol. The molecule has 6 rings (SSSR count). The van der Waals surface area contributed by atoms with Crippen molar-refractivity contribution in [3.63, 3.8) is 0 Å². The van der Waals surface area contributed by atoms with Crippen LogP contribution in [0.3, 0.4) is 0 Å². The Morgan fingerprint density at radius 2 is 1.67 bits per heavy atom. The van der Waals surface area contributed by atoms with Crippen LogP contribution in [0.2, 0.25) is 0 Å². The first-order valence-corrected chi connectivity index (χ1v) is 13.1. The zero-order valence-corrected chi connectivity index (χ0v) is 21.8. The summed E-state index contributed by atoms with van der Waals surface area (Å²) in [6.07, 6.45) is 2.76. The Bertz CT molecular complexity index is 1430. The highest BCUT2D eigenvalue weighted by molar-refractivity contribution is 9.10. The average Bonchev–Trinajstić information content (AvgIpc) is 3.32. The fraction of sp³-hybridized carbons (Fsp3) is 0.241. The van der Waals surface area contributed by atoms with Gasteiger partial charge in [0.2, 0.25) is 0 Å². The minimum atomic E-state index is -0.0967. The van der Waals surface area contributed by atoms with Gasteiger partial charge in [-0.25, -0.2) is 4.79 Å². The van der Waals surface area contributed by atoms with Crippen LogP contribution in [-0.2, 0) is 6.42 Å². The lowest BCUT2D eigenvalue weighted by atomic mass is 10.1. The summed E-state index contributed by atoms with van der Waals surface area (Å²) in [5.41, 5.74) is 7.26. The molecule has 1 fully saturated rings. The molecule has 6 nitrogen and oxygen atoms in total. The van der Waals surface area contributed by atoms with Gasteiger partial charge in [-0.15, -0.1) is 0 Å². The van der Waals surface area contributed by atoms with E-state index in [0.717, 1.165) is 76.2 Å². The minimum absolute atomic E-state index is 0.0967. The number of hydrogen-bond donors (Lipinski definition) is 1. The molecule has 3 aromatic carbocycles. The molecule has 36 heavy (non-hydrogen) atoms. The molecule has 0 radical (unpaired) electrons. The molecular formula is C29H28BrN5O. The molecule has 1 saturated heterocycles. The highest BCUT2D eigenvalue weighted by Gasteiger charge is 2.28. The smallest absolute Gasteiger partial charge is 0.326 e. The largest absolute Gasteiger partial charge is 0.368 e. The van der Waals surface area contributed by atoms with Gasteiger partial charge in [-0.1, -0.05) is 30.3 Å². The Kier molecular flexibility index (Phi) is 6.11. The summed E-state index contributed by atoms with van der Waals surface area (Å²) in [7, 11) is 2.16. The molecule has 2 aliphatic heterocycles. The summed E-state index contributed by atoms with van der Waals surface area (Å²) in [6, 6.07) is 22.5. The van der Waals surface area contributed by atoms with Gasteiger partial charge >= 0.3 is 6.03 Å². The number of nitrogens with zero attached hydrogens (tertiary/aromatic N) is 4. The SMILES string of the molecule is CN1CCN(c2cc3c(cc2Br)CCN3C(=O)Nc2ccc(-c3cnc4ccccc4c3)cc2)CC1. The van der Waals surface area contributed by atoms with E-state index in [1.54, 1.807) is 0 Å². The van der Waals surface area contributed by atoms with E-state index >= 15 is 0 Å². The molecule has 0 unspecified atom stereocenters. The second-order valence-corrected chi connectivity index (χ2v) is 10.4. The summed E-state index contributed by atoms with van der Waals surface area (Å²) in [6.45, 7) is 4.73. The van der Waals surface area contributed by atoms with Crippen molar-refractivity contribution >= 4 is 49.9 Å². The van der Waals surface area contributed by atoms with Crippen LogP contribution in [0.4, 0.5) is 21.9 Å². The van der Waals surface area contributed by atoms with E-state index < -0.39 is 0 Å². The van der Waals surface area contributed by atoms with Crippen molar-refractivity contribution in [3.05, 3.63) is 83.0 Å². The first kappa shape index (κ1) is 23.0. The molecule has 2 aliphatic rings. The van der Waals surface area contributed by atoms with Crippen molar-refractivity contribution in [2.45, 2.75) is 6.42 Å². The summed E-state index contributed by atoms with van der Waals surface area (Å²) < 4.78 is 1.10. The fourth-order valence-corrected chi connectivity index (χ4v) is 5.70. The first-order valence-electron chi connectivity index (χ1n) is 12.3. The van der Waals surface area contributed by atoms with Crippen LogP contribution in [0.5, 0.6) is 0 Å². The Morgan fingerprint density at radius 1 is 0.889 bits per heavy atom. The molecule has 1 N–H and O–H groups in total. The maximum Gasteiger partial charge on any atom is 0.326 e. The van der Waals surface area contributed by atoms with Gasteiger partial charge in [0, 0.05) is 60.0 Å². The summed E-state index contributed by atoms with van der Waals surface area (Å²) in [4.78, 5) is 24.4. The van der Waals surface area contributed by atoms with Crippen LogP contribution < -0.4 is 15.1 Å². The molecule has 182 valence electrons. The topological polar surface area (TPSA) is 51.7 Å². The third-order valence-corrected chi connectivity index (χ3v) is 7.83. The van der Waals surface area contributed by atoms with Gasteiger partial charge in [0.15, 0.2) is 0 Å². The Morgan fingerprint density at radius 3 is 2.47 bits per heavy atom. The van der Waals surface area contributed by atoms with Crippen molar-refractivity contribution in [3.8, 4) is 11.1 Å². The number of para-hydroxylation sites is 1. The van der Waals surface area contributed by atoms with E-state index in [1.165, 1.54) is 5.56 Å². The van der Waals surface area contributed by atoms with Gasteiger partial charge in [-0.2, -0.15) is 0 Å². The Labute approximate surface area is 219 Å². The number of benzene rings is 3. The van der Waals surface area contributed by atoms with E-state index in [4.69, 9.17) is 0 Å². The van der Waals surface area contributed by atoms with Crippen molar-refractivity contribution < 1.29 is 4.79 Å². The molecule has 0 saturated carbocycles. The third kappa shape index (κ3) is 4.45. The zero-order valence-electron chi connectivity index (χ0n) is 20.2. The predicted molar refractivity (Wildman–Crippen MR) is 151 cm³/mol. The maximum atomic E-state index is 13.3. The lowest BCUT2D eigenvalue weighted by Gasteiger charge is -2.35. The Hall–Kier alpha value is -3.42. The molecule has 0 atom stereocenters. The predicted octanol–water partition coefficient (Wildman–Crippen LogP) is 6.01. The van der Waals surface area contributed by atoms with Crippen LogP contribution in [0, 0.1) is 0 Å². The standard InChI is InChI=1S/C29H28BrN5O/c1-33-12-14-34(15-13-33)28-18-27-22(17-25(28)30)10-11-35(27)29(36)32-24-8-6-20(7-9-24)23-16-21-4-2-3-5-26(21)31-19-23/h2-9,16-19H,10-15H2,1H3,(H,32,36). The van der Waals surface area contributed by atoms with Gasteiger partial charge in [0.05, 0.1) is 16.9 Å². The van der Waals surface area contributed by atoms with Crippen LogP contribution in [-0.4, -0.2) is 55.7 Å². The molecule has 0 aliphatic carbocycles. The van der Waals surface area contributed by atoms with E-state index in [1.807, 2.05) is 53.6 Å². The highest BCUT2D eigenvalue weighted by atomic mass is 79.9. The second-order valence-electron chi connectivity index (χ2n) is 9.55. The van der Waals surface area contributed by atoms with Gasteiger partial charge in [-0.05, 0) is 76.9 Å². The molecular weight excluding hydrogens is 514 g/mol. The number of aromatic nitrogens is 1. The number of halogens is 1. The highest BCUT2D eigenvalue weighted by Crippen LogP contribution is 2.38. The maximum absolute atomic E-state index is 13.3. The van der Waals surface area contributed by atoms with Crippen LogP contribution >= 0.6 is 15.9 Å². The number of pyridine rings is 1. The zero-order chi connectivity index (χ0) is 24.6. The number of amides is 2. The number of rotatable bonds is 3. The number of fused-ring (bicyclic) bond motifs is 2. The summed E-state index contributed by atoms with van der Waals surface area (Å²) in [5.74, 6) is 0. The quantitative estimate of drug-likeness (QED) is 0.345. The van der Waals surface area contributed by atoms with Gasteiger partial charge in [0.1, 0.15) is 0 Å².